The van der Waals surface area contributed by atoms with Crippen LogP contribution in [0.4, 0.5) is 13.2 Å². The van der Waals surface area contributed by atoms with Crippen LogP contribution in [0.5, 0.6) is 0 Å². The molecule has 0 spiro atoms. The maximum absolute atomic E-state index is 13.3. The van der Waals surface area contributed by atoms with Crippen LogP contribution in [0.25, 0.3) is 0 Å². The minimum Gasteiger partial charge on any atom is -0.339 e. The van der Waals surface area contributed by atoms with E-state index in [1.54, 1.807) is 18.7 Å². The van der Waals surface area contributed by atoms with Crippen molar-refractivity contribution in [2.45, 2.75) is 39.9 Å². The van der Waals surface area contributed by atoms with Gasteiger partial charge in [0.25, 0.3) is 5.91 Å². The van der Waals surface area contributed by atoms with Gasteiger partial charge in [-0.3, -0.25) is 14.3 Å². The van der Waals surface area contributed by atoms with Crippen molar-refractivity contribution >= 4 is 11.8 Å². The maximum atomic E-state index is 13.3. The Kier molecular flexibility index (Phi) is 4.91. The van der Waals surface area contributed by atoms with Crippen molar-refractivity contribution in [3.8, 4) is 0 Å². The quantitative estimate of drug-likeness (QED) is 0.824. The molecular formula is C15H21F3N4O2. The molecule has 0 aromatic carbocycles. The molecule has 0 bridgehead atoms. The molecule has 2 rings (SSSR count). The fourth-order valence-corrected chi connectivity index (χ4v) is 2.86. The Morgan fingerprint density at radius 2 is 1.58 bits per heavy atom. The molecule has 1 aliphatic heterocycles. The second-order valence-corrected chi connectivity index (χ2v) is 6.14. The number of carbonyl (C=O) groups is 2. The van der Waals surface area contributed by atoms with Crippen molar-refractivity contribution in [2.24, 2.45) is 0 Å². The molecule has 24 heavy (non-hydrogen) atoms. The molecule has 1 aliphatic rings. The summed E-state index contributed by atoms with van der Waals surface area (Å²) in [5.74, 6) is -0.795. The van der Waals surface area contributed by atoms with Gasteiger partial charge in [0, 0.05) is 44.8 Å². The third kappa shape index (κ3) is 3.39. The summed E-state index contributed by atoms with van der Waals surface area (Å²) in [6, 6.07) is -0.290. The number of carbonyl (C=O) groups excluding carboxylic acids is 2. The maximum Gasteiger partial charge on any atom is 0.435 e. The van der Waals surface area contributed by atoms with Crippen molar-refractivity contribution in [1.29, 1.82) is 0 Å². The first-order chi connectivity index (χ1) is 11.0. The first kappa shape index (κ1) is 18.3. The highest BCUT2D eigenvalue weighted by Crippen LogP contribution is 2.34. The molecule has 0 atom stereocenters. The van der Waals surface area contributed by atoms with Gasteiger partial charge >= 0.3 is 6.18 Å². The fraction of sp³-hybridized carbons (Fsp3) is 0.667. The van der Waals surface area contributed by atoms with Gasteiger partial charge in [-0.25, -0.2) is 0 Å². The van der Waals surface area contributed by atoms with E-state index in [9.17, 15) is 22.8 Å². The van der Waals surface area contributed by atoms with E-state index < -0.39 is 23.3 Å². The minimum atomic E-state index is -4.70. The molecule has 1 aromatic rings. The lowest BCUT2D eigenvalue weighted by Gasteiger charge is -2.34. The van der Waals surface area contributed by atoms with E-state index in [1.807, 2.05) is 0 Å². The number of halogens is 3. The Morgan fingerprint density at radius 3 is 2.00 bits per heavy atom. The van der Waals surface area contributed by atoms with Gasteiger partial charge in [0.05, 0.1) is 5.56 Å². The molecule has 1 aromatic heterocycles. The number of aromatic nitrogens is 2. The van der Waals surface area contributed by atoms with Crippen molar-refractivity contribution in [3.05, 3.63) is 17.0 Å². The molecule has 0 aliphatic carbocycles. The molecular weight excluding hydrogens is 325 g/mol. The van der Waals surface area contributed by atoms with E-state index in [0.29, 0.717) is 13.1 Å². The highest BCUT2D eigenvalue weighted by molar-refractivity contribution is 5.97. The fourth-order valence-electron chi connectivity index (χ4n) is 2.86. The van der Waals surface area contributed by atoms with Gasteiger partial charge in [-0.05, 0) is 20.8 Å². The van der Waals surface area contributed by atoms with Crippen molar-refractivity contribution in [1.82, 2.24) is 19.6 Å². The topological polar surface area (TPSA) is 58.4 Å². The summed E-state index contributed by atoms with van der Waals surface area (Å²) in [7, 11) is 0. The number of rotatable bonds is 2. The number of alkyl halides is 3. The van der Waals surface area contributed by atoms with Crippen LogP contribution in [0, 0.1) is 6.92 Å². The number of piperazine rings is 1. The molecule has 0 saturated carbocycles. The minimum absolute atomic E-state index is 0.109. The van der Waals surface area contributed by atoms with E-state index >= 15 is 0 Å². The smallest absolute Gasteiger partial charge is 0.339 e. The monoisotopic (exact) mass is 346 g/mol. The zero-order valence-corrected chi connectivity index (χ0v) is 14.1. The molecule has 0 N–H and O–H groups in total. The Labute approximate surface area is 138 Å². The van der Waals surface area contributed by atoms with E-state index in [-0.39, 0.29) is 30.7 Å². The lowest BCUT2D eigenvalue weighted by molar-refractivity contribution is -0.142. The highest BCUT2D eigenvalue weighted by atomic mass is 19.4. The van der Waals surface area contributed by atoms with Gasteiger partial charge in [0.2, 0.25) is 5.91 Å². The average molecular weight is 346 g/mol. The van der Waals surface area contributed by atoms with Crippen LogP contribution in [-0.4, -0.2) is 57.6 Å². The van der Waals surface area contributed by atoms with Crippen LogP contribution in [0.2, 0.25) is 0 Å². The van der Waals surface area contributed by atoms with E-state index in [4.69, 9.17) is 0 Å². The summed E-state index contributed by atoms with van der Waals surface area (Å²) >= 11 is 0. The standard InChI is InChI=1S/C15H21F3N4O2/c1-9(2)22-10(3)12(13(19-22)15(16,17)18)14(24)21-7-5-20(6-8-21)11(4)23/h9H,5-8H2,1-4H3. The molecule has 9 heteroatoms. The summed E-state index contributed by atoms with van der Waals surface area (Å²) in [5, 5.41) is 3.62. The number of hydrogen-bond donors (Lipinski definition) is 0. The number of nitrogens with zero attached hydrogens (tertiary/aromatic N) is 4. The van der Waals surface area contributed by atoms with E-state index in [2.05, 4.69) is 5.10 Å². The Bertz CT molecular complexity index is 644. The molecule has 0 unspecified atom stereocenters. The van der Waals surface area contributed by atoms with Crippen molar-refractivity contribution in [3.63, 3.8) is 0 Å². The third-order valence-corrected chi connectivity index (χ3v) is 4.13. The molecule has 134 valence electrons. The average Bonchev–Trinajstić information content (AvgIpc) is 2.84. The SMILES string of the molecule is CC(=O)N1CCN(C(=O)c2c(C(F)(F)F)nn(C(C)C)c2C)CC1. The Balaban J connectivity index is 2.34. The molecule has 0 radical (unpaired) electrons. The Morgan fingerprint density at radius 1 is 1.08 bits per heavy atom. The van der Waals surface area contributed by atoms with Crippen LogP contribution in [0.3, 0.4) is 0 Å². The summed E-state index contributed by atoms with van der Waals surface area (Å²) < 4.78 is 41.1. The normalized spacial score (nSPS) is 16.0. The van der Waals surface area contributed by atoms with Gasteiger partial charge in [0.1, 0.15) is 0 Å². The number of amides is 2. The number of hydrogen-bond acceptors (Lipinski definition) is 3. The van der Waals surface area contributed by atoms with Crippen molar-refractivity contribution in [2.75, 3.05) is 26.2 Å². The summed E-state index contributed by atoms with van der Waals surface area (Å²) in [6.07, 6.45) is -4.70. The zero-order valence-electron chi connectivity index (χ0n) is 14.1. The zero-order chi connectivity index (χ0) is 18.2. The molecule has 2 heterocycles. The first-order valence-electron chi connectivity index (χ1n) is 7.75. The largest absolute Gasteiger partial charge is 0.435 e. The van der Waals surface area contributed by atoms with Gasteiger partial charge in [-0.2, -0.15) is 18.3 Å². The van der Waals surface area contributed by atoms with Gasteiger partial charge in [-0.15, -0.1) is 0 Å². The van der Waals surface area contributed by atoms with Gasteiger partial charge in [0.15, 0.2) is 5.69 Å². The second-order valence-electron chi connectivity index (χ2n) is 6.14. The van der Waals surface area contributed by atoms with Gasteiger partial charge < -0.3 is 9.80 Å². The molecule has 6 nitrogen and oxygen atoms in total. The third-order valence-electron chi connectivity index (χ3n) is 4.13. The predicted octanol–water partition coefficient (Wildman–Crippen LogP) is 2.10. The van der Waals surface area contributed by atoms with Gasteiger partial charge in [-0.1, -0.05) is 0 Å². The van der Waals surface area contributed by atoms with E-state index in [0.717, 1.165) is 0 Å². The second kappa shape index (κ2) is 6.45. The summed E-state index contributed by atoms with van der Waals surface area (Å²) in [4.78, 5) is 26.9. The molecule has 1 saturated heterocycles. The van der Waals surface area contributed by atoms with Crippen LogP contribution < -0.4 is 0 Å². The lowest BCUT2D eigenvalue weighted by atomic mass is 10.1. The van der Waals surface area contributed by atoms with Crippen LogP contribution in [0.1, 0.15) is 48.6 Å². The van der Waals surface area contributed by atoms with Crippen LogP contribution in [-0.2, 0) is 11.0 Å². The first-order valence-corrected chi connectivity index (χ1v) is 7.75. The van der Waals surface area contributed by atoms with Crippen molar-refractivity contribution < 1.29 is 22.8 Å². The van der Waals surface area contributed by atoms with Crippen LogP contribution >= 0.6 is 0 Å². The van der Waals surface area contributed by atoms with Crippen LogP contribution in [0.15, 0.2) is 0 Å². The predicted molar refractivity (Wildman–Crippen MR) is 80.5 cm³/mol. The Hall–Kier alpha value is -2.06. The highest BCUT2D eigenvalue weighted by Gasteiger charge is 2.42. The molecule has 1 fully saturated rings. The van der Waals surface area contributed by atoms with E-state index in [1.165, 1.54) is 23.4 Å². The summed E-state index contributed by atoms with van der Waals surface area (Å²) in [5.41, 5.74) is -1.34. The summed E-state index contributed by atoms with van der Waals surface area (Å²) in [6.45, 7) is 7.38. The molecule has 2 amide bonds. The lowest BCUT2D eigenvalue weighted by Crippen LogP contribution is -2.50.